The number of carbonyl (C=O) groups is 2. The Labute approximate surface area is 166 Å². The zero-order valence-electron chi connectivity index (χ0n) is 15.1. The highest BCUT2D eigenvalue weighted by Gasteiger charge is 2.15. The van der Waals surface area contributed by atoms with Gasteiger partial charge in [-0.2, -0.15) is 0 Å². The number of hydrogen-bond donors (Lipinski definition) is 2. The van der Waals surface area contributed by atoms with Crippen molar-refractivity contribution >= 4 is 11.9 Å². The fourth-order valence-corrected chi connectivity index (χ4v) is 2.14. The zero-order chi connectivity index (χ0) is 21.7. The van der Waals surface area contributed by atoms with Gasteiger partial charge in [0.15, 0.2) is 11.5 Å². The van der Waals surface area contributed by atoms with Crippen LogP contribution in [0.2, 0.25) is 0 Å². The Morgan fingerprint density at radius 1 is 0.800 bits per heavy atom. The number of hydrogen-bond acceptors (Lipinski definition) is 11. The molecule has 0 atom stereocenters. The minimum Gasteiger partial charge on any atom is -0.502 e. The van der Waals surface area contributed by atoms with E-state index in [0.717, 1.165) is 37.1 Å². The highest BCUT2D eigenvalue weighted by molar-refractivity contribution is 5.94. The Morgan fingerprint density at radius 3 is 1.63 bits per heavy atom. The molecule has 3 aromatic heterocycles. The van der Waals surface area contributed by atoms with Gasteiger partial charge in [0.05, 0.1) is 11.1 Å². The molecule has 3 aromatic rings. The lowest BCUT2D eigenvalue weighted by atomic mass is 10.2. The minimum absolute atomic E-state index is 0.00469. The molecule has 0 radical (unpaired) electrons. The molecular weight excluding hydrogens is 402 g/mol. The number of esters is 2. The molecule has 0 saturated heterocycles. The van der Waals surface area contributed by atoms with E-state index >= 15 is 0 Å². The molecular formula is C19H13NO10. The minimum atomic E-state index is -0.850. The fraction of sp³-hybridized carbons (Fsp3) is 0.105. The van der Waals surface area contributed by atoms with E-state index in [9.17, 15) is 19.2 Å². The summed E-state index contributed by atoms with van der Waals surface area (Å²) >= 11 is 0. The summed E-state index contributed by atoms with van der Waals surface area (Å²) in [6, 6.07) is 3.12. The lowest BCUT2D eigenvalue weighted by Gasteiger charge is -2.06. The molecule has 0 unspecified atom stereocenters. The molecule has 0 aliphatic heterocycles. The zero-order valence-corrected chi connectivity index (χ0v) is 15.1. The van der Waals surface area contributed by atoms with Crippen molar-refractivity contribution in [3.05, 3.63) is 86.2 Å². The topological polar surface area (TPSA) is 166 Å². The summed E-state index contributed by atoms with van der Waals surface area (Å²) in [5, 5.41) is 18.3. The third kappa shape index (κ3) is 4.90. The summed E-state index contributed by atoms with van der Waals surface area (Å²) in [7, 11) is 0. The predicted octanol–water partition coefficient (Wildman–Crippen LogP) is 1.11. The SMILES string of the molecule is O=C(OCc1cc(=O)c(O)co1)c1cncc(C(=O)OCc2cc(=O)c(O)co2)c1. The average molecular weight is 415 g/mol. The van der Waals surface area contributed by atoms with Gasteiger partial charge in [-0.25, -0.2) is 9.59 Å². The summed E-state index contributed by atoms with van der Waals surface area (Å²) in [5.74, 6) is -2.84. The Hall–Kier alpha value is -4.41. The Balaban J connectivity index is 1.62. The van der Waals surface area contributed by atoms with Crippen LogP contribution in [0.25, 0.3) is 0 Å². The standard InChI is InChI=1S/C19H13NO10/c21-14-2-12(27-8-16(14)23)6-29-18(25)10-1-11(5-20-4-10)19(26)30-7-13-3-15(22)17(24)9-28-13/h1-5,8-9,23-24H,6-7H2. The first-order valence-corrected chi connectivity index (χ1v) is 8.24. The second-order valence-electron chi connectivity index (χ2n) is 5.81. The number of nitrogens with zero attached hydrogens (tertiary/aromatic N) is 1. The van der Waals surface area contributed by atoms with Crippen LogP contribution in [0.1, 0.15) is 32.2 Å². The van der Waals surface area contributed by atoms with E-state index in [0.29, 0.717) is 0 Å². The second-order valence-corrected chi connectivity index (χ2v) is 5.81. The third-order valence-corrected chi connectivity index (χ3v) is 3.63. The predicted molar refractivity (Wildman–Crippen MR) is 95.8 cm³/mol. The van der Waals surface area contributed by atoms with Gasteiger partial charge in [0, 0.05) is 24.5 Å². The monoisotopic (exact) mass is 415 g/mol. The molecule has 0 amide bonds. The quantitative estimate of drug-likeness (QED) is 0.554. The molecule has 0 aliphatic rings. The van der Waals surface area contributed by atoms with Gasteiger partial charge in [-0.15, -0.1) is 0 Å². The molecule has 0 fully saturated rings. The van der Waals surface area contributed by atoms with Gasteiger partial charge >= 0.3 is 11.9 Å². The third-order valence-electron chi connectivity index (χ3n) is 3.63. The summed E-state index contributed by atoms with van der Waals surface area (Å²) in [6.45, 7) is -0.772. The van der Waals surface area contributed by atoms with E-state index in [1.807, 2.05) is 0 Å². The van der Waals surface area contributed by atoms with Gasteiger partial charge in [0.2, 0.25) is 10.9 Å². The highest BCUT2D eigenvalue weighted by atomic mass is 16.5. The lowest BCUT2D eigenvalue weighted by molar-refractivity contribution is 0.0439. The van der Waals surface area contributed by atoms with E-state index in [4.69, 9.17) is 28.5 Å². The van der Waals surface area contributed by atoms with Crippen molar-refractivity contribution in [2.45, 2.75) is 13.2 Å². The van der Waals surface area contributed by atoms with Crippen LogP contribution in [0.15, 0.2) is 61.5 Å². The molecule has 11 heteroatoms. The van der Waals surface area contributed by atoms with Crippen molar-refractivity contribution in [2.75, 3.05) is 0 Å². The van der Waals surface area contributed by atoms with Gasteiger partial charge in [-0.3, -0.25) is 14.6 Å². The smallest absolute Gasteiger partial charge is 0.340 e. The largest absolute Gasteiger partial charge is 0.502 e. The number of aromatic nitrogens is 1. The van der Waals surface area contributed by atoms with Gasteiger partial charge < -0.3 is 28.5 Å². The maximum atomic E-state index is 12.1. The number of aromatic hydroxyl groups is 2. The van der Waals surface area contributed by atoms with E-state index in [1.165, 1.54) is 6.07 Å². The molecule has 3 heterocycles. The Morgan fingerprint density at radius 2 is 1.23 bits per heavy atom. The van der Waals surface area contributed by atoms with Crippen LogP contribution in [0.3, 0.4) is 0 Å². The normalized spacial score (nSPS) is 10.4. The molecule has 3 rings (SSSR count). The molecule has 2 N–H and O–H groups in total. The molecule has 0 bridgehead atoms. The molecule has 11 nitrogen and oxygen atoms in total. The Kier molecular flexibility index (Phi) is 5.92. The number of ether oxygens (including phenoxy) is 2. The number of carbonyl (C=O) groups excluding carboxylic acids is 2. The van der Waals surface area contributed by atoms with Crippen LogP contribution < -0.4 is 10.9 Å². The molecule has 30 heavy (non-hydrogen) atoms. The van der Waals surface area contributed by atoms with Gasteiger partial charge in [-0.1, -0.05) is 0 Å². The molecule has 0 saturated carbocycles. The van der Waals surface area contributed by atoms with Crippen molar-refractivity contribution in [1.29, 1.82) is 0 Å². The second kappa shape index (κ2) is 8.73. The maximum absolute atomic E-state index is 12.1. The van der Waals surface area contributed by atoms with Crippen LogP contribution in [0.5, 0.6) is 11.5 Å². The van der Waals surface area contributed by atoms with Gasteiger partial charge in [0.25, 0.3) is 0 Å². The first-order valence-electron chi connectivity index (χ1n) is 8.24. The molecule has 0 spiro atoms. The van der Waals surface area contributed by atoms with Crippen molar-refractivity contribution in [3.8, 4) is 11.5 Å². The summed E-state index contributed by atoms with van der Waals surface area (Å²) in [5.41, 5.74) is -1.52. The van der Waals surface area contributed by atoms with Crippen LogP contribution in [-0.4, -0.2) is 27.1 Å². The summed E-state index contributed by atoms with van der Waals surface area (Å²) in [6.07, 6.45) is 3.95. The summed E-state index contributed by atoms with van der Waals surface area (Å²) < 4.78 is 19.8. The van der Waals surface area contributed by atoms with E-state index in [2.05, 4.69) is 4.98 Å². The first-order chi connectivity index (χ1) is 14.3. The lowest BCUT2D eigenvalue weighted by Crippen LogP contribution is -2.11. The van der Waals surface area contributed by atoms with Crippen molar-refractivity contribution in [3.63, 3.8) is 0 Å². The van der Waals surface area contributed by atoms with Crippen LogP contribution >= 0.6 is 0 Å². The van der Waals surface area contributed by atoms with Crippen molar-refractivity contribution in [2.24, 2.45) is 0 Å². The van der Waals surface area contributed by atoms with Crippen LogP contribution in [0, 0.1) is 0 Å². The van der Waals surface area contributed by atoms with Crippen LogP contribution in [0.4, 0.5) is 0 Å². The fourth-order valence-electron chi connectivity index (χ4n) is 2.14. The van der Waals surface area contributed by atoms with E-state index in [1.54, 1.807) is 0 Å². The molecule has 0 aliphatic carbocycles. The first kappa shape index (κ1) is 20.3. The highest BCUT2D eigenvalue weighted by Crippen LogP contribution is 2.11. The maximum Gasteiger partial charge on any atom is 0.340 e. The molecule has 154 valence electrons. The molecule has 0 aromatic carbocycles. The summed E-state index contributed by atoms with van der Waals surface area (Å²) in [4.78, 5) is 50.7. The van der Waals surface area contributed by atoms with Crippen molar-refractivity contribution in [1.82, 2.24) is 4.98 Å². The number of pyridine rings is 1. The van der Waals surface area contributed by atoms with Crippen LogP contribution in [-0.2, 0) is 22.7 Å². The van der Waals surface area contributed by atoms with E-state index < -0.39 is 34.3 Å². The van der Waals surface area contributed by atoms with Crippen molar-refractivity contribution < 1.29 is 38.1 Å². The van der Waals surface area contributed by atoms with E-state index in [-0.39, 0.29) is 35.9 Å². The van der Waals surface area contributed by atoms with Gasteiger partial charge in [0.1, 0.15) is 37.3 Å². The Bertz CT molecular complexity index is 1120. The van der Waals surface area contributed by atoms with Gasteiger partial charge in [-0.05, 0) is 6.07 Å². The average Bonchev–Trinajstić information content (AvgIpc) is 2.75. The number of rotatable bonds is 6.